The normalized spacial score (nSPS) is 10.6. The van der Waals surface area contributed by atoms with Crippen LogP contribution in [0.4, 0.5) is 5.69 Å². The van der Waals surface area contributed by atoms with E-state index < -0.39 is 0 Å². The molecule has 1 aromatic rings. The lowest BCUT2D eigenvalue weighted by Crippen LogP contribution is -2.25. The molecule has 0 aliphatic rings. The van der Waals surface area contributed by atoms with E-state index in [1.165, 1.54) is 0 Å². The second kappa shape index (κ2) is 8.64. The molecule has 1 rings (SSSR count). The van der Waals surface area contributed by atoms with Gasteiger partial charge >= 0.3 is 0 Å². The van der Waals surface area contributed by atoms with Crippen molar-refractivity contribution < 1.29 is 9.47 Å². The number of hydrogen-bond donors (Lipinski definition) is 1. The number of methoxy groups -OCH3 is 1. The van der Waals surface area contributed by atoms with Crippen LogP contribution in [0.1, 0.15) is 20.3 Å². The van der Waals surface area contributed by atoms with E-state index in [1.807, 2.05) is 25.2 Å². The van der Waals surface area contributed by atoms with Crippen molar-refractivity contribution in [3.05, 3.63) is 18.2 Å². The number of nitrogens with zero attached hydrogens (tertiary/aromatic N) is 1. The molecule has 4 heteroatoms. The van der Waals surface area contributed by atoms with Gasteiger partial charge in [0.05, 0.1) is 19.4 Å². The number of ether oxygens (including phenoxy) is 2. The molecule has 0 aromatic heterocycles. The van der Waals surface area contributed by atoms with Gasteiger partial charge in [-0.1, -0.05) is 13.8 Å². The zero-order valence-corrected chi connectivity index (χ0v) is 12.5. The lowest BCUT2D eigenvalue weighted by Gasteiger charge is -2.18. The van der Waals surface area contributed by atoms with E-state index in [2.05, 4.69) is 24.1 Å². The highest BCUT2D eigenvalue weighted by atomic mass is 16.5. The molecule has 0 radical (unpaired) electrons. The van der Waals surface area contributed by atoms with Gasteiger partial charge in [0.2, 0.25) is 0 Å². The van der Waals surface area contributed by atoms with E-state index in [4.69, 9.17) is 9.47 Å². The molecule has 0 amide bonds. The first kappa shape index (κ1) is 15.6. The van der Waals surface area contributed by atoms with Crippen LogP contribution in [0.5, 0.6) is 11.5 Å². The van der Waals surface area contributed by atoms with Gasteiger partial charge in [-0.25, -0.2) is 0 Å². The lowest BCUT2D eigenvalue weighted by atomic mass is 10.2. The van der Waals surface area contributed by atoms with Crippen LogP contribution in [0.25, 0.3) is 0 Å². The zero-order valence-electron chi connectivity index (χ0n) is 12.5. The van der Waals surface area contributed by atoms with Gasteiger partial charge in [-0.05, 0) is 31.6 Å². The van der Waals surface area contributed by atoms with Gasteiger partial charge in [0, 0.05) is 19.7 Å². The molecule has 19 heavy (non-hydrogen) atoms. The molecule has 0 saturated carbocycles. The highest BCUT2D eigenvalue weighted by molar-refractivity contribution is 5.58. The summed E-state index contributed by atoms with van der Waals surface area (Å²) in [4.78, 5) is 2.40. The Kier molecular flexibility index (Phi) is 7.11. The van der Waals surface area contributed by atoms with Crippen LogP contribution in [0.2, 0.25) is 0 Å². The van der Waals surface area contributed by atoms with Crippen molar-refractivity contribution >= 4 is 5.69 Å². The van der Waals surface area contributed by atoms with Crippen LogP contribution in [0.3, 0.4) is 0 Å². The maximum Gasteiger partial charge on any atom is 0.145 e. The summed E-state index contributed by atoms with van der Waals surface area (Å²) in [6.07, 6.45) is 1.04. The number of anilines is 1. The first-order valence-electron chi connectivity index (χ1n) is 6.96. The summed E-state index contributed by atoms with van der Waals surface area (Å²) in [7, 11) is 3.54. The fourth-order valence-electron chi connectivity index (χ4n) is 1.99. The maximum absolute atomic E-state index is 5.75. The monoisotopic (exact) mass is 266 g/mol. The fourth-order valence-corrected chi connectivity index (χ4v) is 1.99. The van der Waals surface area contributed by atoms with E-state index in [0.29, 0.717) is 0 Å². The quantitative estimate of drug-likeness (QED) is 0.697. The van der Waals surface area contributed by atoms with Gasteiger partial charge in [-0.3, -0.25) is 0 Å². The Morgan fingerprint density at radius 3 is 2.53 bits per heavy atom. The molecule has 0 fully saturated rings. The Labute approximate surface area is 116 Å². The highest BCUT2D eigenvalue weighted by Gasteiger charge is 2.04. The number of nitrogens with one attached hydrogen (secondary N) is 1. The minimum absolute atomic E-state index is 0.735. The third-order valence-corrected chi connectivity index (χ3v) is 3.22. The fraction of sp³-hybridized carbons (Fsp3) is 0.600. The first-order valence-corrected chi connectivity index (χ1v) is 6.96. The Hall–Kier alpha value is -1.42. The van der Waals surface area contributed by atoms with Crippen molar-refractivity contribution in [2.24, 2.45) is 0 Å². The maximum atomic E-state index is 5.75. The van der Waals surface area contributed by atoms with Crippen LogP contribution in [0, 0.1) is 0 Å². The van der Waals surface area contributed by atoms with E-state index in [1.54, 1.807) is 7.11 Å². The van der Waals surface area contributed by atoms with Crippen molar-refractivity contribution in [2.75, 3.05) is 45.7 Å². The van der Waals surface area contributed by atoms with Crippen molar-refractivity contribution in [2.45, 2.75) is 20.3 Å². The first-order chi connectivity index (χ1) is 9.24. The van der Waals surface area contributed by atoms with E-state index in [9.17, 15) is 0 Å². The average Bonchev–Trinajstić information content (AvgIpc) is 2.47. The van der Waals surface area contributed by atoms with E-state index in [0.717, 1.165) is 49.8 Å². The molecule has 0 bridgehead atoms. The van der Waals surface area contributed by atoms with Crippen molar-refractivity contribution in [3.8, 4) is 11.5 Å². The third-order valence-electron chi connectivity index (χ3n) is 3.22. The van der Waals surface area contributed by atoms with Gasteiger partial charge in [0.1, 0.15) is 11.5 Å². The van der Waals surface area contributed by atoms with Gasteiger partial charge < -0.3 is 19.7 Å². The minimum atomic E-state index is 0.735. The van der Waals surface area contributed by atoms with Gasteiger partial charge in [-0.15, -0.1) is 0 Å². The van der Waals surface area contributed by atoms with Crippen LogP contribution in [0.15, 0.2) is 18.2 Å². The summed E-state index contributed by atoms with van der Waals surface area (Å²) in [5.74, 6) is 1.67. The van der Waals surface area contributed by atoms with Crippen molar-refractivity contribution in [3.63, 3.8) is 0 Å². The second-order valence-corrected chi connectivity index (χ2v) is 4.34. The molecular formula is C15H26N2O2. The molecule has 0 heterocycles. The Balaban J connectivity index is 2.41. The summed E-state index contributed by atoms with van der Waals surface area (Å²) in [6.45, 7) is 8.39. The van der Waals surface area contributed by atoms with Gasteiger partial charge in [0.15, 0.2) is 0 Å². The second-order valence-electron chi connectivity index (χ2n) is 4.34. The van der Waals surface area contributed by atoms with Crippen LogP contribution in [-0.4, -0.2) is 45.3 Å². The molecule has 1 N–H and O–H groups in total. The predicted octanol–water partition coefficient (Wildman–Crippen LogP) is 2.85. The SMILES string of the molecule is CCN(CC)CCCOc1ccc(NC)c(OC)c1. The summed E-state index contributed by atoms with van der Waals surface area (Å²) in [6, 6.07) is 5.85. The number of hydrogen-bond acceptors (Lipinski definition) is 4. The molecule has 1 aromatic carbocycles. The smallest absolute Gasteiger partial charge is 0.145 e. The van der Waals surface area contributed by atoms with Crippen LogP contribution >= 0.6 is 0 Å². The molecule has 0 aliphatic heterocycles. The molecule has 0 spiro atoms. The largest absolute Gasteiger partial charge is 0.494 e. The molecular weight excluding hydrogens is 240 g/mol. The minimum Gasteiger partial charge on any atom is -0.494 e. The topological polar surface area (TPSA) is 33.7 Å². The lowest BCUT2D eigenvalue weighted by molar-refractivity contribution is 0.248. The summed E-state index contributed by atoms with van der Waals surface area (Å²) < 4.78 is 11.1. The van der Waals surface area contributed by atoms with E-state index in [-0.39, 0.29) is 0 Å². The summed E-state index contributed by atoms with van der Waals surface area (Å²) in [5, 5.41) is 3.08. The average molecular weight is 266 g/mol. The zero-order chi connectivity index (χ0) is 14.1. The number of rotatable bonds is 9. The molecule has 4 nitrogen and oxygen atoms in total. The van der Waals surface area contributed by atoms with Gasteiger partial charge in [-0.2, -0.15) is 0 Å². The molecule has 0 saturated heterocycles. The highest BCUT2D eigenvalue weighted by Crippen LogP contribution is 2.28. The number of benzene rings is 1. The van der Waals surface area contributed by atoms with Crippen LogP contribution in [-0.2, 0) is 0 Å². The van der Waals surface area contributed by atoms with Crippen LogP contribution < -0.4 is 14.8 Å². The Morgan fingerprint density at radius 2 is 1.95 bits per heavy atom. The third kappa shape index (κ3) is 4.99. The van der Waals surface area contributed by atoms with Crippen molar-refractivity contribution in [1.82, 2.24) is 4.90 Å². The van der Waals surface area contributed by atoms with Gasteiger partial charge in [0.25, 0.3) is 0 Å². The Bertz CT molecular complexity index is 365. The molecule has 0 aliphatic carbocycles. The Morgan fingerprint density at radius 1 is 1.21 bits per heavy atom. The van der Waals surface area contributed by atoms with E-state index >= 15 is 0 Å². The molecule has 108 valence electrons. The van der Waals surface area contributed by atoms with Crippen molar-refractivity contribution in [1.29, 1.82) is 0 Å². The predicted molar refractivity (Wildman–Crippen MR) is 80.4 cm³/mol. The molecule has 0 atom stereocenters. The standard InChI is InChI=1S/C15H26N2O2/c1-5-17(6-2)10-7-11-19-13-8-9-14(16-3)15(12-13)18-4/h8-9,12,16H,5-7,10-11H2,1-4H3. The molecule has 0 unspecified atom stereocenters. The summed E-state index contributed by atoms with van der Waals surface area (Å²) >= 11 is 0. The summed E-state index contributed by atoms with van der Waals surface area (Å²) in [5.41, 5.74) is 0.970.